The summed E-state index contributed by atoms with van der Waals surface area (Å²) < 4.78 is 5.58. The molecule has 1 heterocycles. The molecule has 2 rings (SSSR count). The summed E-state index contributed by atoms with van der Waals surface area (Å²) in [6, 6.07) is 8.71. The molecule has 0 aliphatic heterocycles. The van der Waals surface area contributed by atoms with Gasteiger partial charge in [-0.25, -0.2) is 0 Å². The van der Waals surface area contributed by atoms with E-state index in [2.05, 4.69) is 40.1 Å². The third-order valence-corrected chi connectivity index (χ3v) is 2.72. The lowest BCUT2D eigenvalue weighted by molar-refractivity contribution is 0.590. The van der Waals surface area contributed by atoms with Crippen molar-refractivity contribution < 1.29 is 4.42 Å². The SMILES string of the molecule is CC(Br)CC(C)Nc1nc2ccccc2o1. The number of hydrogen-bond donors (Lipinski definition) is 1. The fraction of sp³-hybridized carbons (Fsp3) is 0.417. The van der Waals surface area contributed by atoms with Crippen molar-refractivity contribution in [3.8, 4) is 0 Å². The first-order valence-corrected chi connectivity index (χ1v) is 6.33. The van der Waals surface area contributed by atoms with Crippen LogP contribution in [-0.2, 0) is 0 Å². The van der Waals surface area contributed by atoms with Crippen LogP contribution in [0.3, 0.4) is 0 Å². The highest BCUT2D eigenvalue weighted by molar-refractivity contribution is 9.09. The molecule has 0 saturated carbocycles. The lowest BCUT2D eigenvalue weighted by atomic mass is 10.2. The molecule has 1 aromatic heterocycles. The Kier molecular flexibility index (Phi) is 3.49. The van der Waals surface area contributed by atoms with Gasteiger partial charge in [0.25, 0.3) is 6.01 Å². The normalized spacial score (nSPS) is 14.9. The summed E-state index contributed by atoms with van der Waals surface area (Å²) in [7, 11) is 0. The third-order valence-electron chi connectivity index (χ3n) is 2.34. The molecule has 2 atom stereocenters. The minimum absolute atomic E-state index is 0.336. The highest BCUT2D eigenvalue weighted by Gasteiger charge is 2.10. The van der Waals surface area contributed by atoms with Crippen molar-refractivity contribution in [3.05, 3.63) is 24.3 Å². The van der Waals surface area contributed by atoms with Crippen LogP contribution in [0.5, 0.6) is 0 Å². The number of hydrogen-bond acceptors (Lipinski definition) is 3. The molecule has 86 valence electrons. The number of rotatable bonds is 4. The molecule has 0 aliphatic carbocycles. The van der Waals surface area contributed by atoms with E-state index in [-0.39, 0.29) is 0 Å². The van der Waals surface area contributed by atoms with Gasteiger partial charge in [-0.1, -0.05) is 35.0 Å². The van der Waals surface area contributed by atoms with Crippen molar-refractivity contribution in [1.29, 1.82) is 0 Å². The molecule has 0 bridgehead atoms. The van der Waals surface area contributed by atoms with Crippen molar-refractivity contribution in [3.63, 3.8) is 0 Å². The molecule has 4 heteroatoms. The monoisotopic (exact) mass is 282 g/mol. The molecule has 1 N–H and O–H groups in total. The average Bonchev–Trinajstić information content (AvgIpc) is 2.57. The third kappa shape index (κ3) is 2.76. The van der Waals surface area contributed by atoms with Crippen molar-refractivity contribution in [2.45, 2.75) is 31.1 Å². The van der Waals surface area contributed by atoms with Gasteiger partial charge >= 0.3 is 0 Å². The van der Waals surface area contributed by atoms with E-state index in [1.54, 1.807) is 0 Å². The second-order valence-electron chi connectivity index (χ2n) is 4.05. The summed E-state index contributed by atoms with van der Waals surface area (Å²) in [6.45, 7) is 4.25. The van der Waals surface area contributed by atoms with Crippen LogP contribution in [0.1, 0.15) is 20.3 Å². The Labute approximate surface area is 103 Å². The summed E-state index contributed by atoms with van der Waals surface area (Å²) in [5, 5.41) is 3.25. The van der Waals surface area contributed by atoms with E-state index >= 15 is 0 Å². The van der Waals surface area contributed by atoms with Crippen LogP contribution in [-0.4, -0.2) is 15.9 Å². The second-order valence-corrected chi connectivity index (χ2v) is 5.61. The number of aromatic nitrogens is 1. The van der Waals surface area contributed by atoms with E-state index in [0.29, 0.717) is 16.9 Å². The molecule has 16 heavy (non-hydrogen) atoms. The van der Waals surface area contributed by atoms with Crippen molar-refractivity contribution in [1.82, 2.24) is 4.98 Å². The molecule has 0 amide bonds. The van der Waals surface area contributed by atoms with E-state index in [1.807, 2.05) is 24.3 Å². The number of oxazole rings is 1. The van der Waals surface area contributed by atoms with Gasteiger partial charge in [-0.2, -0.15) is 4.98 Å². The highest BCUT2D eigenvalue weighted by atomic mass is 79.9. The first-order valence-electron chi connectivity index (χ1n) is 5.41. The summed E-state index contributed by atoms with van der Waals surface area (Å²) >= 11 is 3.53. The van der Waals surface area contributed by atoms with Gasteiger partial charge in [-0.15, -0.1) is 0 Å². The molecule has 0 fully saturated rings. The zero-order valence-corrected chi connectivity index (χ0v) is 11.0. The Hall–Kier alpha value is -1.03. The Morgan fingerprint density at radius 1 is 1.38 bits per heavy atom. The van der Waals surface area contributed by atoms with E-state index in [0.717, 1.165) is 17.5 Å². The van der Waals surface area contributed by atoms with Crippen LogP contribution in [0.15, 0.2) is 28.7 Å². The minimum atomic E-state index is 0.336. The van der Waals surface area contributed by atoms with Gasteiger partial charge in [0.15, 0.2) is 5.58 Å². The van der Waals surface area contributed by atoms with Crippen LogP contribution >= 0.6 is 15.9 Å². The Bertz CT molecular complexity index is 434. The van der Waals surface area contributed by atoms with Gasteiger partial charge in [-0.05, 0) is 25.5 Å². The number of halogens is 1. The molecule has 1 aromatic carbocycles. The zero-order valence-electron chi connectivity index (χ0n) is 9.40. The Morgan fingerprint density at radius 3 is 2.81 bits per heavy atom. The minimum Gasteiger partial charge on any atom is -0.424 e. The number of nitrogens with zero attached hydrogens (tertiary/aromatic N) is 1. The van der Waals surface area contributed by atoms with Crippen molar-refractivity contribution in [2.24, 2.45) is 0 Å². The highest BCUT2D eigenvalue weighted by Crippen LogP contribution is 2.19. The number of nitrogens with one attached hydrogen (secondary N) is 1. The molecule has 0 saturated heterocycles. The fourth-order valence-electron chi connectivity index (χ4n) is 1.69. The summed E-state index contributed by atoms with van der Waals surface area (Å²) in [5.41, 5.74) is 1.72. The fourth-order valence-corrected chi connectivity index (χ4v) is 2.25. The predicted octanol–water partition coefficient (Wildman–Crippen LogP) is 3.80. The standard InChI is InChI=1S/C12H15BrN2O/c1-8(13)7-9(2)14-12-15-10-5-3-4-6-11(10)16-12/h3-6,8-9H,7H2,1-2H3,(H,14,15). The molecule has 2 unspecified atom stereocenters. The smallest absolute Gasteiger partial charge is 0.295 e. The van der Waals surface area contributed by atoms with Gasteiger partial charge < -0.3 is 9.73 Å². The van der Waals surface area contributed by atoms with Gasteiger partial charge in [0.05, 0.1) is 0 Å². The van der Waals surface area contributed by atoms with Crippen LogP contribution in [0.25, 0.3) is 11.1 Å². The Balaban J connectivity index is 2.09. The Morgan fingerprint density at radius 2 is 2.12 bits per heavy atom. The van der Waals surface area contributed by atoms with Gasteiger partial charge in [0.1, 0.15) is 5.52 Å². The van der Waals surface area contributed by atoms with E-state index in [1.165, 1.54) is 0 Å². The maximum atomic E-state index is 5.58. The van der Waals surface area contributed by atoms with Crippen LogP contribution in [0, 0.1) is 0 Å². The largest absolute Gasteiger partial charge is 0.424 e. The second kappa shape index (κ2) is 4.87. The summed E-state index contributed by atoms with van der Waals surface area (Å²) in [5.74, 6) is 0. The van der Waals surface area contributed by atoms with E-state index in [4.69, 9.17) is 4.42 Å². The molecule has 0 radical (unpaired) electrons. The maximum absolute atomic E-state index is 5.58. The number of alkyl halides is 1. The van der Waals surface area contributed by atoms with Gasteiger partial charge in [0, 0.05) is 10.9 Å². The molecular formula is C12H15BrN2O. The first-order chi connectivity index (χ1) is 7.65. The number of para-hydroxylation sites is 2. The topological polar surface area (TPSA) is 38.1 Å². The molecule has 0 aliphatic rings. The molecule has 3 nitrogen and oxygen atoms in total. The molecular weight excluding hydrogens is 268 g/mol. The van der Waals surface area contributed by atoms with E-state index < -0.39 is 0 Å². The average molecular weight is 283 g/mol. The first kappa shape index (κ1) is 11.5. The van der Waals surface area contributed by atoms with Gasteiger partial charge in [0.2, 0.25) is 0 Å². The zero-order chi connectivity index (χ0) is 11.5. The quantitative estimate of drug-likeness (QED) is 0.867. The number of anilines is 1. The van der Waals surface area contributed by atoms with Crippen molar-refractivity contribution >= 4 is 33.0 Å². The number of fused-ring (bicyclic) bond motifs is 1. The lowest BCUT2D eigenvalue weighted by Crippen LogP contribution is -2.18. The number of benzene rings is 1. The maximum Gasteiger partial charge on any atom is 0.295 e. The van der Waals surface area contributed by atoms with Crippen LogP contribution in [0.2, 0.25) is 0 Å². The van der Waals surface area contributed by atoms with E-state index in [9.17, 15) is 0 Å². The molecule has 2 aromatic rings. The lowest BCUT2D eigenvalue weighted by Gasteiger charge is -2.12. The summed E-state index contributed by atoms with van der Waals surface area (Å²) in [6.07, 6.45) is 1.03. The molecule has 0 spiro atoms. The van der Waals surface area contributed by atoms with Crippen molar-refractivity contribution in [2.75, 3.05) is 5.32 Å². The van der Waals surface area contributed by atoms with Crippen LogP contribution in [0.4, 0.5) is 6.01 Å². The van der Waals surface area contributed by atoms with Gasteiger partial charge in [-0.3, -0.25) is 0 Å². The van der Waals surface area contributed by atoms with Crippen LogP contribution < -0.4 is 5.32 Å². The predicted molar refractivity (Wildman–Crippen MR) is 70.1 cm³/mol. The summed E-state index contributed by atoms with van der Waals surface area (Å²) in [4.78, 5) is 4.85.